The number of carbonyl (C=O) groups is 1. The van der Waals surface area contributed by atoms with E-state index in [2.05, 4.69) is 0 Å². The molecule has 0 amide bonds. The Morgan fingerprint density at radius 1 is 1.05 bits per heavy atom. The molecule has 3 N–H and O–H groups in total. The van der Waals surface area contributed by atoms with Crippen molar-refractivity contribution in [2.75, 3.05) is 0 Å². The molecular formula is C13H10O6. The van der Waals surface area contributed by atoms with Gasteiger partial charge < -0.3 is 19.7 Å². The van der Waals surface area contributed by atoms with Crippen LogP contribution in [0.5, 0.6) is 17.2 Å². The number of Topliss-reactive ketones (excluding diaryl/α,β-unsaturated/α-hetero) is 1. The molecule has 1 aromatic heterocycles. The number of hydrogen-bond acceptors (Lipinski definition) is 6. The van der Waals surface area contributed by atoms with Crippen molar-refractivity contribution in [2.24, 2.45) is 0 Å². The van der Waals surface area contributed by atoms with Crippen molar-refractivity contribution < 1.29 is 24.5 Å². The second kappa shape index (κ2) is 4.49. The molecule has 2 aromatic rings. The Bertz CT molecular complexity index is 714. The number of ketones is 1. The molecule has 1 heterocycles. The van der Waals surface area contributed by atoms with Gasteiger partial charge in [0.25, 0.3) is 0 Å². The van der Waals surface area contributed by atoms with Crippen LogP contribution in [0.3, 0.4) is 0 Å². The quantitative estimate of drug-likeness (QED) is 0.710. The maximum Gasteiger partial charge on any atom is 0.339 e. The van der Waals surface area contributed by atoms with Crippen LogP contribution in [0.4, 0.5) is 0 Å². The van der Waals surface area contributed by atoms with Gasteiger partial charge in [-0.25, -0.2) is 4.79 Å². The third-order valence-electron chi connectivity index (χ3n) is 2.48. The highest BCUT2D eigenvalue weighted by atomic mass is 16.4. The lowest BCUT2D eigenvalue weighted by Gasteiger charge is -2.09. The van der Waals surface area contributed by atoms with Gasteiger partial charge >= 0.3 is 5.63 Å². The minimum Gasteiger partial charge on any atom is -0.508 e. The highest BCUT2D eigenvalue weighted by Gasteiger charge is 2.18. The molecule has 0 bridgehead atoms. The van der Waals surface area contributed by atoms with Gasteiger partial charge in [-0.1, -0.05) is 0 Å². The van der Waals surface area contributed by atoms with Crippen LogP contribution in [0.25, 0.3) is 11.3 Å². The lowest BCUT2D eigenvalue weighted by Crippen LogP contribution is -2.01. The lowest BCUT2D eigenvalue weighted by molar-refractivity contribution is 0.101. The van der Waals surface area contributed by atoms with Crippen LogP contribution in [0, 0.1) is 0 Å². The number of phenolic OH excluding ortho intramolecular Hbond substituents is 2. The summed E-state index contributed by atoms with van der Waals surface area (Å²) in [6, 6.07) is 4.14. The number of benzene rings is 1. The molecule has 0 atom stereocenters. The van der Waals surface area contributed by atoms with Crippen molar-refractivity contribution in [2.45, 2.75) is 6.92 Å². The van der Waals surface area contributed by atoms with E-state index in [0.29, 0.717) is 0 Å². The molecule has 0 fully saturated rings. The Balaban J connectivity index is 2.80. The Morgan fingerprint density at radius 2 is 1.68 bits per heavy atom. The first-order chi connectivity index (χ1) is 8.88. The number of rotatable bonds is 2. The standard InChI is InChI=1S/C13H10O6/c1-6(14)13-9(2-7(15)3-10(13)17)11-4-8(16)5-12(18)19-11/h2-5,15-17H,1H3. The van der Waals surface area contributed by atoms with Crippen molar-refractivity contribution >= 4 is 5.78 Å². The Kier molecular flexibility index (Phi) is 3.00. The fourth-order valence-corrected chi connectivity index (χ4v) is 1.77. The average molecular weight is 262 g/mol. The third kappa shape index (κ3) is 2.42. The van der Waals surface area contributed by atoms with Crippen molar-refractivity contribution in [1.82, 2.24) is 0 Å². The first-order valence-electron chi connectivity index (χ1n) is 5.30. The van der Waals surface area contributed by atoms with Gasteiger partial charge in [-0.2, -0.15) is 0 Å². The number of phenols is 2. The molecule has 6 nitrogen and oxygen atoms in total. The molecule has 0 aliphatic rings. The van der Waals surface area contributed by atoms with E-state index in [1.165, 1.54) is 6.92 Å². The molecule has 1 aromatic carbocycles. The van der Waals surface area contributed by atoms with Crippen LogP contribution in [-0.2, 0) is 0 Å². The zero-order valence-corrected chi connectivity index (χ0v) is 9.88. The second-order valence-corrected chi connectivity index (χ2v) is 3.94. The molecule has 0 saturated heterocycles. The molecule has 2 rings (SSSR count). The molecule has 0 aliphatic carbocycles. The summed E-state index contributed by atoms with van der Waals surface area (Å²) in [6.45, 7) is 1.22. The summed E-state index contributed by atoms with van der Waals surface area (Å²) in [6.07, 6.45) is 0. The fraction of sp³-hybridized carbons (Fsp3) is 0.0769. The summed E-state index contributed by atoms with van der Waals surface area (Å²) in [7, 11) is 0. The number of aromatic hydroxyl groups is 3. The highest BCUT2D eigenvalue weighted by Crippen LogP contribution is 2.35. The SMILES string of the molecule is CC(=O)c1c(O)cc(O)cc1-c1cc(O)cc(=O)o1. The largest absolute Gasteiger partial charge is 0.508 e. The van der Waals surface area contributed by atoms with Crippen molar-refractivity contribution in [1.29, 1.82) is 0 Å². The first kappa shape index (κ1) is 12.7. The Hall–Kier alpha value is -2.76. The molecule has 0 aliphatic heterocycles. The van der Waals surface area contributed by atoms with E-state index in [1.54, 1.807) is 0 Å². The van der Waals surface area contributed by atoms with Crippen LogP contribution < -0.4 is 5.63 Å². The van der Waals surface area contributed by atoms with Crippen LogP contribution in [0.2, 0.25) is 0 Å². The van der Waals surface area contributed by atoms with E-state index in [0.717, 1.165) is 24.3 Å². The molecule has 98 valence electrons. The Morgan fingerprint density at radius 3 is 2.26 bits per heavy atom. The van der Waals surface area contributed by atoms with Gasteiger partial charge in [0.05, 0.1) is 11.6 Å². The molecule has 0 saturated carbocycles. The highest BCUT2D eigenvalue weighted by molar-refractivity contribution is 6.03. The van der Waals surface area contributed by atoms with Gasteiger partial charge in [-0.05, 0) is 13.0 Å². The molecule has 6 heteroatoms. The predicted octanol–water partition coefficient (Wildman–Crippen LogP) is 1.63. The van der Waals surface area contributed by atoms with Crippen molar-refractivity contribution in [3.05, 3.63) is 40.2 Å². The van der Waals surface area contributed by atoms with E-state index < -0.39 is 17.2 Å². The zero-order valence-electron chi connectivity index (χ0n) is 9.88. The smallest absolute Gasteiger partial charge is 0.339 e. The number of carbonyl (C=O) groups excluding carboxylic acids is 1. The summed E-state index contributed by atoms with van der Waals surface area (Å²) < 4.78 is 4.85. The van der Waals surface area contributed by atoms with E-state index in [1.807, 2.05) is 0 Å². The Labute approximate surface area is 107 Å². The van der Waals surface area contributed by atoms with Gasteiger partial charge in [-0.15, -0.1) is 0 Å². The maximum atomic E-state index is 11.5. The first-order valence-corrected chi connectivity index (χ1v) is 5.30. The third-order valence-corrected chi connectivity index (χ3v) is 2.48. The summed E-state index contributed by atoms with van der Waals surface area (Å²) in [5, 5.41) is 28.5. The molecule has 0 unspecified atom stereocenters. The minimum atomic E-state index is -0.813. The molecular weight excluding hydrogens is 252 g/mol. The van der Waals surface area contributed by atoms with E-state index in [4.69, 9.17) is 4.42 Å². The summed E-state index contributed by atoms with van der Waals surface area (Å²) in [4.78, 5) is 22.7. The van der Waals surface area contributed by atoms with Crippen molar-refractivity contribution in [3.63, 3.8) is 0 Å². The molecule has 0 radical (unpaired) electrons. The number of hydrogen-bond donors (Lipinski definition) is 3. The van der Waals surface area contributed by atoms with Gasteiger partial charge in [-0.3, -0.25) is 4.79 Å². The van der Waals surface area contributed by atoms with E-state index >= 15 is 0 Å². The van der Waals surface area contributed by atoms with Gasteiger partial charge in [0, 0.05) is 17.7 Å². The van der Waals surface area contributed by atoms with E-state index in [-0.39, 0.29) is 28.4 Å². The van der Waals surface area contributed by atoms with Gasteiger partial charge in [0.2, 0.25) is 0 Å². The fourth-order valence-electron chi connectivity index (χ4n) is 1.77. The zero-order chi connectivity index (χ0) is 14.2. The van der Waals surface area contributed by atoms with Crippen molar-refractivity contribution in [3.8, 4) is 28.6 Å². The van der Waals surface area contributed by atoms with Crippen LogP contribution >= 0.6 is 0 Å². The summed E-state index contributed by atoms with van der Waals surface area (Å²) in [5.74, 6) is -1.68. The van der Waals surface area contributed by atoms with Gasteiger partial charge in [0.15, 0.2) is 5.78 Å². The molecule has 0 spiro atoms. The maximum absolute atomic E-state index is 11.5. The topological polar surface area (TPSA) is 108 Å². The van der Waals surface area contributed by atoms with E-state index in [9.17, 15) is 24.9 Å². The summed E-state index contributed by atoms with van der Waals surface area (Å²) in [5.41, 5.74) is -0.892. The predicted molar refractivity (Wildman–Crippen MR) is 65.4 cm³/mol. The lowest BCUT2D eigenvalue weighted by atomic mass is 10.00. The normalized spacial score (nSPS) is 10.4. The van der Waals surface area contributed by atoms with Crippen LogP contribution in [0.15, 0.2) is 33.5 Å². The molecule has 19 heavy (non-hydrogen) atoms. The van der Waals surface area contributed by atoms with Crippen LogP contribution in [0.1, 0.15) is 17.3 Å². The second-order valence-electron chi connectivity index (χ2n) is 3.94. The minimum absolute atomic E-state index is 0.0259. The van der Waals surface area contributed by atoms with Crippen LogP contribution in [-0.4, -0.2) is 21.1 Å². The van der Waals surface area contributed by atoms with Gasteiger partial charge in [0.1, 0.15) is 23.0 Å². The summed E-state index contributed by atoms with van der Waals surface area (Å²) >= 11 is 0. The average Bonchev–Trinajstić information content (AvgIpc) is 2.25. The monoisotopic (exact) mass is 262 g/mol.